The van der Waals surface area contributed by atoms with Gasteiger partial charge in [-0.1, -0.05) is 12.1 Å². The van der Waals surface area contributed by atoms with E-state index in [2.05, 4.69) is 5.32 Å². The molecule has 20 heavy (non-hydrogen) atoms. The van der Waals surface area contributed by atoms with Crippen LogP contribution in [0.15, 0.2) is 24.3 Å². The van der Waals surface area contributed by atoms with E-state index in [4.69, 9.17) is 9.84 Å². The van der Waals surface area contributed by atoms with E-state index >= 15 is 0 Å². The molecule has 2 N–H and O–H groups in total. The van der Waals surface area contributed by atoms with E-state index in [1.807, 2.05) is 6.92 Å². The van der Waals surface area contributed by atoms with Crippen LogP contribution in [0.1, 0.15) is 35.7 Å². The smallest absolute Gasteiger partial charge is 0.335 e. The number of hydrogen-bond donors (Lipinski definition) is 2. The Labute approximate surface area is 117 Å². The van der Waals surface area contributed by atoms with E-state index in [1.54, 1.807) is 12.1 Å². The SMILES string of the molecule is CC1(C(=O)NCc2ccc(C(=O)O)cc2)CCCOC1. The number of carbonyl (C=O) groups excluding carboxylic acids is 1. The first-order valence-corrected chi connectivity index (χ1v) is 6.69. The number of rotatable bonds is 4. The number of benzene rings is 1. The van der Waals surface area contributed by atoms with E-state index in [1.165, 1.54) is 12.1 Å². The maximum atomic E-state index is 12.2. The molecule has 0 aromatic heterocycles. The molecule has 1 atom stereocenters. The second kappa shape index (κ2) is 6.05. The molecule has 0 spiro atoms. The highest BCUT2D eigenvalue weighted by molar-refractivity contribution is 5.87. The van der Waals surface area contributed by atoms with Crippen molar-refractivity contribution >= 4 is 11.9 Å². The molecule has 1 aromatic rings. The van der Waals surface area contributed by atoms with Crippen molar-refractivity contribution in [1.82, 2.24) is 5.32 Å². The number of carbonyl (C=O) groups is 2. The summed E-state index contributed by atoms with van der Waals surface area (Å²) in [6, 6.07) is 6.50. The first kappa shape index (κ1) is 14.5. The van der Waals surface area contributed by atoms with Crippen molar-refractivity contribution in [3.63, 3.8) is 0 Å². The lowest BCUT2D eigenvalue weighted by Gasteiger charge is -2.31. The number of aromatic carboxylic acids is 1. The molecule has 2 rings (SSSR count). The van der Waals surface area contributed by atoms with Crippen LogP contribution in [0.5, 0.6) is 0 Å². The fourth-order valence-electron chi connectivity index (χ4n) is 2.27. The molecule has 0 bridgehead atoms. The zero-order valence-electron chi connectivity index (χ0n) is 11.5. The van der Waals surface area contributed by atoms with Gasteiger partial charge in [0.05, 0.1) is 17.6 Å². The van der Waals surface area contributed by atoms with Gasteiger partial charge in [0.15, 0.2) is 0 Å². The largest absolute Gasteiger partial charge is 0.478 e. The van der Waals surface area contributed by atoms with Crippen LogP contribution in [-0.4, -0.2) is 30.2 Å². The highest BCUT2D eigenvalue weighted by atomic mass is 16.5. The fraction of sp³-hybridized carbons (Fsp3) is 0.467. The molecule has 1 amide bonds. The van der Waals surface area contributed by atoms with Crippen molar-refractivity contribution in [1.29, 1.82) is 0 Å². The lowest BCUT2D eigenvalue weighted by Crippen LogP contribution is -2.44. The summed E-state index contributed by atoms with van der Waals surface area (Å²) in [7, 11) is 0. The summed E-state index contributed by atoms with van der Waals surface area (Å²) in [4.78, 5) is 22.9. The highest BCUT2D eigenvalue weighted by Crippen LogP contribution is 2.28. The lowest BCUT2D eigenvalue weighted by molar-refractivity contribution is -0.137. The van der Waals surface area contributed by atoms with Crippen molar-refractivity contribution < 1.29 is 19.4 Å². The zero-order chi connectivity index (χ0) is 14.6. The van der Waals surface area contributed by atoms with E-state index < -0.39 is 11.4 Å². The molecule has 0 radical (unpaired) electrons. The van der Waals surface area contributed by atoms with Crippen LogP contribution in [0.25, 0.3) is 0 Å². The normalized spacial score (nSPS) is 22.2. The highest BCUT2D eigenvalue weighted by Gasteiger charge is 2.35. The van der Waals surface area contributed by atoms with Crippen molar-refractivity contribution in [2.45, 2.75) is 26.3 Å². The summed E-state index contributed by atoms with van der Waals surface area (Å²) in [5, 5.41) is 11.7. The Morgan fingerprint density at radius 1 is 1.35 bits per heavy atom. The van der Waals surface area contributed by atoms with Crippen LogP contribution in [-0.2, 0) is 16.1 Å². The van der Waals surface area contributed by atoms with E-state index in [9.17, 15) is 9.59 Å². The van der Waals surface area contributed by atoms with Crippen LogP contribution in [0, 0.1) is 5.41 Å². The van der Waals surface area contributed by atoms with Crippen molar-refractivity contribution in [3.8, 4) is 0 Å². The third-order valence-corrected chi connectivity index (χ3v) is 3.64. The number of hydrogen-bond acceptors (Lipinski definition) is 3. The van der Waals surface area contributed by atoms with Gasteiger partial charge in [-0.15, -0.1) is 0 Å². The Bertz CT molecular complexity index is 489. The molecule has 1 aromatic carbocycles. The average Bonchev–Trinajstić information content (AvgIpc) is 2.46. The monoisotopic (exact) mass is 277 g/mol. The van der Waals surface area contributed by atoms with Gasteiger partial charge in [0.2, 0.25) is 5.91 Å². The van der Waals surface area contributed by atoms with Crippen LogP contribution < -0.4 is 5.32 Å². The lowest BCUT2D eigenvalue weighted by atomic mass is 9.84. The molecular formula is C15H19NO4. The zero-order valence-corrected chi connectivity index (χ0v) is 11.5. The Hall–Kier alpha value is -1.88. The Balaban J connectivity index is 1.91. The van der Waals surface area contributed by atoms with E-state index in [0.717, 1.165) is 25.0 Å². The summed E-state index contributed by atoms with van der Waals surface area (Å²) in [5.41, 5.74) is 0.663. The molecule has 0 aliphatic carbocycles. The maximum absolute atomic E-state index is 12.2. The predicted octanol–water partition coefficient (Wildman–Crippen LogP) is 1.82. The second-order valence-electron chi connectivity index (χ2n) is 5.40. The maximum Gasteiger partial charge on any atom is 0.335 e. The van der Waals surface area contributed by atoms with Gasteiger partial charge < -0.3 is 15.2 Å². The van der Waals surface area contributed by atoms with Gasteiger partial charge in [0.1, 0.15) is 0 Å². The second-order valence-corrected chi connectivity index (χ2v) is 5.40. The molecule has 1 aliphatic rings. The van der Waals surface area contributed by atoms with Crippen molar-refractivity contribution in [2.75, 3.05) is 13.2 Å². The van der Waals surface area contributed by atoms with Gasteiger partial charge in [-0.2, -0.15) is 0 Å². The number of ether oxygens (including phenoxy) is 1. The predicted molar refractivity (Wildman–Crippen MR) is 73.4 cm³/mol. The summed E-state index contributed by atoms with van der Waals surface area (Å²) < 4.78 is 5.37. The average molecular weight is 277 g/mol. The van der Waals surface area contributed by atoms with Crippen LogP contribution in [0.4, 0.5) is 0 Å². The Kier molecular flexibility index (Phi) is 4.39. The number of carboxylic acid groups (broad SMARTS) is 1. The summed E-state index contributed by atoms with van der Waals surface area (Å²) in [6.45, 7) is 3.49. The fourth-order valence-corrected chi connectivity index (χ4v) is 2.27. The van der Waals surface area contributed by atoms with Gasteiger partial charge in [-0.05, 0) is 37.5 Å². The van der Waals surface area contributed by atoms with E-state index in [-0.39, 0.29) is 11.5 Å². The van der Waals surface area contributed by atoms with Crippen LogP contribution >= 0.6 is 0 Å². The summed E-state index contributed by atoms with van der Waals surface area (Å²) in [6.07, 6.45) is 1.73. The molecule has 0 saturated carbocycles. The summed E-state index contributed by atoms with van der Waals surface area (Å²) >= 11 is 0. The quantitative estimate of drug-likeness (QED) is 0.880. The minimum absolute atomic E-state index is 0.0143. The molecule has 1 aliphatic heterocycles. The topological polar surface area (TPSA) is 75.6 Å². The van der Waals surface area contributed by atoms with Gasteiger partial charge in [-0.3, -0.25) is 4.79 Å². The Morgan fingerprint density at radius 3 is 2.60 bits per heavy atom. The van der Waals surface area contributed by atoms with Gasteiger partial charge >= 0.3 is 5.97 Å². The first-order valence-electron chi connectivity index (χ1n) is 6.69. The minimum atomic E-state index is -0.951. The van der Waals surface area contributed by atoms with Gasteiger partial charge in [0, 0.05) is 13.2 Å². The van der Waals surface area contributed by atoms with Gasteiger partial charge in [0.25, 0.3) is 0 Å². The van der Waals surface area contributed by atoms with Crippen LogP contribution in [0.3, 0.4) is 0 Å². The molecular weight excluding hydrogens is 258 g/mol. The van der Waals surface area contributed by atoms with Gasteiger partial charge in [-0.25, -0.2) is 4.79 Å². The standard InChI is InChI=1S/C15H19NO4/c1-15(7-2-8-20-10-15)14(19)16-9-11-3-5-12(6-4-11)13(17)18/h3-6H,2,7-10H2,1H3,(H,16,19)(H,17,18). The van der Waals surface area contributed by atoms with Crippen LogP contribution in [0.2, 0.25) is 0 Å². The number of carboxylic acids is 1. The molecule has 5 heteroatoms. The molecule has 5 nitrogen and oxygen atoms in total. The molecule has 1 saturated heterocycles. The molecule has 1 fully saturated rings. The number of amides is 1. The number of nitrogens with one attached hydrogen (secondary N) is 1. The Morgan fingerprint density at radius 2 is 2.05 bits per heavy atom. The van der Waals surface area contributed by atoms with Crippen molar-refractivity contribution in [3.05, 3.63) is 35.4 Å². The summed E-state index contributed by atoms with van der Waals surface area (Å²) in [5.74, 6) is -0.966. The first-order chi connectivity index (χ1) is 9.51. The third-order valence-electron chi connectivity index (χ3n) is 3.64. The molecule has 1 unspecified atom stereocenters. The van der Waals surface area contributed by atoms with Crippen molar-refractivity contribution in [2.24, 2.45) is 5.41 Å². The van der Waals surface area contributed by atoms with E-state index in [0.29, 0.717) is 13.2 Å². The third kappa shape index (κ3) is 3.36. The minimum Gasteiger partial charge on any atom is -0.478 e. The molecule has 1 heterocycles. The molecule has 108 valence electrons.